The van der Waals surface area contributed by atoms with Crippen LogP contribution in [0.5, 0.6) is 5.75 Å². The van der Waals surface area contributed by atoms with Crippen molar-refractivity contribution in [3.05, 3.63) is 95.9 Å². The predicted molar refractivity (Wildman–Crippen MR) is 150 cm³/mol. The first-order chi connectivity index (χ1) is 18.8. The van der Waals surface area contributed by atoms with Crippen LogP contribution < -0.4 is 4.74 Å². The Labute approximate surface area is 229 Å². The molecule has 0 aliphatic carbocycles. The van der Waals surface area contributed by atoms with Crippen molar-refractivity contribution in [3.63, 3.8) is 0 Å². The van der Waals surface area contributed by atoms with Gasteiger partial charge in [0.1, 0.15) is 11.6 Å². The molecule has 9 heteroatoms. The molecule has 3 aromatic carbocycles. The number of halogens is 1. The minimum Gasteiger partial charge on any atom is -0.497 e. The van der Waals surface area contributed by atoms with Crippen LogP contribution in [0.2, 0.25) is 0 Å². The molecule has 0 radical (unpaired) electrons. The van der Waals surface area contributed by atoms with Crippen molar-refractivity contribution in [2.75, 3.05) is 26.7 Å². The molecule has 1 amide bonds. The van der Waals surface area contributed by atoms with Gasteiger partial charge in [0.05, 0.1) is 18.6 Å². The molecule has 4 aromatic rings. The zero-order valence-corrected chi connectivity index (χ0v) is 23.1. The third-order valence-electron chi connectivity index (χ3n) is 6.74. The molecule has 0 aliphatic rings. The molecular formula is C30H34FN3O4S. The number of methoxy groups -OCH3 is 1. The zero-order chi connectivity index (χ0) is 27.8. The Balaban J connectivity index is 1.58. The van der Waals surface area contributed by atoms with Gasteiger partial charge in [0.25, 0.3) is 0 Å². The number of benzene rings is 3. The molecule has 0 bridgehead atoms. The minimum atomic E-state index is -3.99. The molecule has 1 aromatic heterocycles. The molecule has 0 spiro atoms. The lowest BCUT2D eigenvalue weighted by molar-refractivity contribution is -0.132. The van der Waals surface area contributed by atoms with Crippen LogP contribution in [-0.2, 0) is 27.8 Å². The number of H-pyrrole nitrogens is 1. The molecule has 206 valence electrons. The van der Waals surface area contributed by atoms with Gasteiger partial charge in [-0.1, -0.05) is 43.7 Å². The van der Waals surface area contributed by atoms with Crippen LogP contribution in [0.3, 0.4) is 0 Å². The summed E-state index contributed by atoms with van der Waals surface area (Å²) in [5.74, 6) is -0.105. The number of nitrogens with one attached hydrogen (secondary N) is 1. The highest BCUT2D eigenvalue weighted by Crippen LogP contribution is 2.21. The van der Waals surface area contributed by atoms with E-state index in [1.54, 1.807) is 12.0 Å². The number of amides is 1. The molecule has 0 saturated carbocycles. The van der Waals surface area contributed by atoms with E-state index in [1.165, 1.54) is 16.4 Å². The number of para-hydroxylation sites is 1. The number of hydrogen-bond acceptors (Lipinski definition) is 4. The monoisotopic (exact) mass is 551 g/mol. The summed E-state index contributed by atoms with van der Waals surface area (Å²) in [5.41, 5.74) is 3.01. The van der Waals surface area contributed by atoms with Crippen molar-refractivity contribution in [1.82, 2.24) is 14.2 Å². The van der Waals surface area contributed by atoms with Gasteiger partial charge in [-0.25, -0.2) is 12.8 Å². The number of hydrogen-bond donors (Lipinski definition) is 1. The van der Waals surface area contributed by atoms with Crippen LogP contribution in [0.4, 0.5) is 4.39 Å². The van der Waals surface area contributed by atoms with Crippen LogP contribution in [0.25, 0.3) is 10.9 Å². The molecule has 39 heavy (non-hydrogen) atoms. The summed E-state index contributed by atoms with van der Waals surface area (Å²) >= 11 is 0. The van der Waals surface area contributed by atoms with Gasteiger partial charge in [0, 0.05) is 36.7 Å². The number of ether oxygens (including phenoxy) is 1. The van der Waals surface area contributed by atoms with E-state index in [9.17, 15) is 17.6 Å². The normalized spacial score (nSPS) is 11.7. The quantitative estimate of drug-likeness (QED) is 0.242. The van der Waals surface area contributed by atoms with Crippen molar-refractivity contribution in [1.29, 1.82) is 0 Å². The van der Waals surface area contributed by atoms with E-state index in [-0.39, 0.29) is 23.9 Å². The number of rotatable bonds is 13. The summed E-state index contributed by atoms with van der Waals surface area (Å²) in [7, 11) is -2.39. The fraction of sp³-hybridized carbons (Fsp3) is 0.300. The molecule has 1 heterocycles. The topological polar surface area (TPSA) is 82.7 Å². The van der Waals surface area contributed by atoms with Gasteiger partial charge in [-0.05, 0) is 66.4 Å². The summed E-state index contributed by atoms with van der Waals surface area (Å²) in [6, 6.07) is 20.2. The second-order valence-electron chi connectivity index (χ2n) is 9.42. The van der Waals surface area contributed by atoms with E-state index < -0.39 is 15.8 Å². The summed E-state index contributed by atoms with van der Waals surface area (Å²) in [5, 5.41) is 1.10. The number of aromatic nitrogens is 1. The summed E-state index contributed by atoms with van der Waals surface area (Å²) in [6.07, 6.45) is 3.92. The first kappa shape index (κ1) is 28.3. The number of carbonyl (C=O) groups excluding carboxylic acids is 1. The third kappa shape index (κ3) is 7.04. The van der Waals surface area contributed by atoms with Crippen molar-refractivity contribution in [2.24, 2.45) is 0 Å². The minimum absolute atomic E-state index is 0.0340. The average molecular weight is 552 g/mol. The van der Waals surface area contributed by atoms with Gasteiger partial charge in [-0.15, -0.1) is 0 Å². The van der Waals surface area contributed by atoms with Crippen LogP contribution in [0.1, 0.15) is 30.9 Å². The van der Waals surface area contributed by atoms with Gasteiger partial charge in [0.15, 0.2) is 0 Å². The van der Waals surface area contributed by atoms with Gasteiger partial charge in [0.2, 0.25) is 15.9 Å². The van der Waals surface area contributed by atoms with Crippen LogP contribution >= 0.6 is 0 Å². The Morgan fingerprint density at radius 3 is 2.38 bits per heavy atom. The number of aromatic amines is 1. The molecule has 7 nitrogen and oxygen atoms in total. The zero-order valence-electron chi connectivity index (χ0n) is 22.3. The molecular weight excluding hydrogens is 517 g/mol. The highest BCUT2D eigenvalue weighted by Gasteiger charge is 2.28. The summed E-state index contributed by atoms with van der Waals surface area (Å²) in [6.45, 7) is 2.58. The lowest BCUT2D eigenvalue weighted by Crippen LogP contribution is -2.43. The maximum Gasteiger partial charge on any atom is 0.243 e. The smallest absolute Gasteiger partial charge is 0.243 e. The number of unbranched alkanes of at least 4 members (excludes halogenated alkanes) is 1. The second-order valence-corrected chi connectivity index (χ2v) is 11.4. The van der Waals surface area contributed by atoms with Crippen molar-refractivity contribution < 1.29 is 22.3 Å². The van der Waals surface area contributed by atoms with E-state index in [1.807, 2.05) is 61.7 Å². The Kier molecular flexibility index (Phi) is 9.37. The van der Waals surface area contributed by atoms with Crippen LogP contribution in [0, 0.1) is 5.82 Å². The Hall–Kier alpha value is -3.69. The molecule has 0 saturated heterocycles. The molecule has 0 aliphatic heterocycles. The average Bonchev–Trinajstić information content (AvgIpc) is 3.36. The van der Waals surface area contributed by atoms with E-state index in [2.05, 4.69) is 4.98 Å². The predicted octanol–water partition coefficient (Wildman–Crippen LogP) is 5.38. The maximum absolute atomic E-state index is 13.7. The number of nitrogens with zero attached hydrogens (tertiary/aromatic N) is 2. The van der Waals surface area contributed by atoms with Crippen LogP contribution in [0.15, 0.2) is 83.9 Å². The fourth-order valence-corrected chi connectivity index (χ4v) is 5.89. The number of carbonyl (C=O) groups is 1. The molecule has 0 fully saturated rings. The first-order valence-electron chi connectivity index (χ1n) is 13.0. The largest absolute Gasteiger partial charge is 0.497 e. The Bertz CT molecular complexity index is 1480. The fourth-order valence-electron chi connectivity index (χ4n) is 4.46. The number of sulfonamides is 1. The van der Waals surface area contributed by atoms with Gasteiger partial charge in [-0.3, -0.25) is 4.79 Å². The SMILES string of the molecule is CCCCN(CC(=O)N(CCc1c[nH]c2ccccc12)Cc1ccc(OC)cc1)S(=O)(=O)c1ccc(F)cc1. The van der Waals surface area contributed by atoms with E-state index in [0.29, 0.717) is 31.7 Å². The lowest BCUT2D eigenvalue weighted by Gasteiger charge is -2.27. The highest BCUT2D eigenvalue weighted by molar-refractivity contribution is 7.89. The number of fused-ring (bicyclic) bond motifs is 1. The van der Waals surface area contributed by atoms with Crippen LogP contribution in [-0.4, -0.2) is 55.3 Å². The van der Waals surface area contributed by atoms with E-state index in [0.717, 1.165) is 40.6 Å². The molecule has 4 rings (SSSR count). The van der Waals surface area contributed by atoms with Gasteiger partial charge in [-0.2, -0.15) is 4.31 Å². The first-order valence-corrected chi connectivity index (χ1v) is 14.5. The van der Waals surface area contributed by atoms with E-state index in [4.69, 9.17) is 4.74 Å². The molecule has 0 unspecified atom stereocenters. The van der Waals surface area contributed by atoms with Crippen molar-refractivity contribution in [2.45, 2.75) is 37.6 Å². The molecule has 0 atom stereocenters. The molecule has 1 N–H and O–H groups in total. The van der Waals surface area contributed by atoms with Gasteiger partial charge >= 0.3 is 0 Å². The standard InChI is InChI=1S/C30H34FN3O4S/c1-3-4-18-34(39(36,37)27-15-11-25(31)12-16-27)22-30(35)33(21-23-9-13-26(38-2)14-10-23)19-17-24-20-32-29-8-6-5-7-28(24)29/h5-16,20,32H,3-4,17-19,21-22H2,1-2H3. The highest BCUT2D eigenvalue weighted by atomic mass is 32.2. The van der Waals surface area contributed by atoms with Crippen molar-refractivity contribution >= 4 is 26.8 Å². The lowest BCUT2D eigenvalue weighted by atomic mass is 10.1. The van der Waals surface area contributed by atoms with Crippen molar-refractivity contribution in [3.8, 4) is 5.75 Å². The Morgan fingerprint density at radius 2 is 1.69 bits per heavy atom. The third-order valence-corrected chi connectivity index (χ3v) is 8.59. The van der Waals surface area contributed by atoms with E-state index >= 15 is 0 Å². The van der Waals surface area contributed by atoms with Gasteiger partial charge < -0.3 is 14.6 Å². The Morgan fingerprint density at radius 1 is 0.974 bits per heavy atom. The summed E-state index contributed by atoms with van der Waals surface area (Å²) < 4.78 is 46.8. The second kappa shape index (κ2) is 12.9. The maximum atomic E-state index is 13.7. The summed E-state index contributed by atoms with van der Waals surface area (Å²) in [4.78, 5) is 18.7.